The van der Waals surface area contributed by atoms with Crippen LogP contribution in [0.25, 0.3) is 0 Å². The van der Waals surface area contributed by atoms with Crippen molar-refractivity contribution in [1.29, 1.82) is 0 Å². The third kappa shape index (κ3) is 5.37. The third-order valence-electron chi connectivity index (χ3n) is 3.08. The van der Waals surface area contributed by atoms with E-state index < -0.39 is 15.7 Å². The van der Waals surface area contributed by atoms with Gasteiger partial charge in [0.25, 0.3) is 10.1 Å². The smallest absolute Gasteiger partial charge is 0.247 e. The van der Waals surface area contributed by atoms with Crippen LogP contribution in [0.1, 0.15) is 39.2 Å². The molecule has 1 aromatic carbocycles. The fourth-order valence-corrected chi connectivity index (χ4v) is 2.95. The van der Waals surface area contributed by atoms with Gasteiger partial charge in [-0.2, -0.15) is 8.42 Å². The second kappa shape index (κ2) is 6.93. The summed E-state index contributed by atoms with van der Waals surface area (Å²) >= 11 is 0. The number of terminal acetylenes is 1. The van der Waals surface area contributed by atoms with Gasteiger partial charge in [-0.25, -0.2) is 4.18 Å². The summed E-state index contributed by atoms with van der Waals surface area (Å²) in [5.74, 6) is 2.46. The van der Waals surface area contributed by atoms with Crippen molar-refractivity contribution < 1.29 is 12.6 Å². The molecule has 0 radical (unpaired) electrons. The van der Waals surface area contributed by atoms with Gasteiger partial charge in [0.05, 0.1) is 4.90 Å². The molecule has 0 amide bonds. The average Bonchev–Trinajstić information content (AvgIpc) is 2.38. The molecule has 0 saturated carbocycles. The lowest BCUT2D eigenvalue weighted by Gasteiger charge is -2.23. The van der Waals surface area contributed by atoms with Crippen molar-refractivity contribution in [3.8, 4) is 12.3 Å². The molecule has 0 aliphatic heterocycles. The zero-order valence-electron chi connectivity index (χ0n) is 13.0. The third-order valence-corrected chi connectivity index (χ3v) is 4.52. The van der Waals surface area contributed by atoms with Crippen LogP contribution < -0.4 is 0 Å². The van der Waals surface area contributed by atoms with E-state index in [2.05, 4.69) is 5.92 Å². The van der Waals surface area contributed by atoms with Crippen molar-refractivity contribution in [2.75, 3.05) is 0 Å². The van der Waals surface area contributed by atoms with Crippen LogP contribution in [0.15, 0.2) is 40.8 Å². The highest BCUT2D eigenvalue weighted by atomic mass is 32.2. The van der Waals surface area contributed by atoms with Crippen molar-refractivity contribution in [2.24, 2.45) is 0 Å². The summed E-state index contributed by atoms with van der Waals surface area (Å²) in [6.45, 7) is 7.48. The maximum absolute atomic E-state index is 12.3. The van der Waals surface area contributed by atoms with Gasteiger partial charge in [-0.1, -0.05) is 35.3 Å². The highest BCUT2D eigenvalue weighted by Gasteiger charge is 2.30. The van der Waals surface area contributed by atoms with Gasteiger partial charge in [-0.15, -0.1) is 6.42 Å². The molecule has 1 aromatic rings. The second-order valence-corrected chi connectivity index (χ2v) is 7.09. The van der Waals surface area contributed by atoms with Crippen LogP contribution in [0.2, 0.25) is 0 Å². The molecule has 0 saturated heterocycles. The van der Waals surface area contributed by atoms with Crippen molar-refractivity contribution in [1.82, 2.24) is 0 Å². The normalized spacial score (nSPS) is 14.0. The summed E-state index contributed by atoms with van der Waals surface area (Å²) in [6.07, 6.45) is 8.60. The minimum atomic E-state index is -3.86. The van der Waals surface area contributed by atoms with E-state index in [1.807, 2.05) is 26.8 Å². The molecular formula is C17H22O3S. The zero-order valence-corrected chi connectivity index (χ0v) is 13.8. The van der Waals surface area contributed by atoms with Crippen LogP contribution in [-0.4, -0.2) is 14.0 Å². The molecule has 114 valence electrons. The second-order valence-electron chi connectivity index (χ2n) is 5.55. The fraction of sp³-hybridized carbons (Fsp3) is 0.412. The van der Waals surface area contributed by atoms with Crippen molar-refractivity contribution in [3.05, 3.63) is 41.5 Å². The Morgan fingerprint density at radius 1 is 1.33 bits per heavy atom. The molecule has 0 heterocycles. The van der Waals surface area contributed by atoms with Crippen LogP contribution in [-0.2, 0) is 14.3 Å². The standard InChI is InChI=1S/C17H22O3S/c1-6-17(5,13-7-8-14(2)3)20-21(18,19)16-11-9-15(4)10-12-16/h1,8-12H,7,13H2,2-5H3. The molecule has 0 aliphatic carbocycles. The quantitative estimate of drug-likeness (QED) is 0.455. The Hall–Kier alpha value is -1.57. The summed E-state index contributed by atoms with van der Waals surface area (Å²) in [6, 6.07) is 6.51. The van der Waals surface area contributed by atoms with Gasteiger partial charge in [0, 0.05) is 0 Å². The van der Waals surface area contributed by atoms with E-state index in [0.717, 1.165) is 11.1 Å². The average molecular weight is 306 g/mol. The van der Waals surface area contributed by atoms with E-state index >= 15 is 0 Å². The first-order valence-corrected chi connectivity index (χ1v) is 8.23. The van der Waals surface area contributed by atoms with Gasteiger partial charge < -0.3 is 0 Å². The lowest BCUT2D eigenvalue weighted by Crippen LogP contribution is -2.30. The van der Waals surface area contributed by atoms with E-state index in [-0.39, 0.29) is 4.90 Å². The summed E-state index contributed by atoms with van der Waals surface area (Å²) < 4.78 is 29.9. The lowest BCUT2D eigenvalue weighted by atomic mass is 10.0. The highest BCUT2D eigenvalue weighted by Crippen LogP contribution is 2.24. The molecular weight excluding hydrogens is 284 g/mol. The molecule has 0 aliphatic rings. The Bertz CT molecular complexity index is 644. The van der Waals surface area contributed by atoms with Gasteiger partial charge in [0.2, 0.25) is 0 Å². The maximum Gasteiger partial charge on any atom is 0.298 e. The van der Waals surface area contributed by atoms with E-state index in [9.17, 15) is 8.42 Å². The molecule has 4 heteroatoms. The molecule has 0 N–H and O–H groups in total. The first-order valence-electron chi connectivity index (χ1n) is 6.82. The summed E-state index contributed by atoms with van der Waals surface area (Å²) in [7, 11) is -3.86. The first-order chi connectivity index (χ1) is 9.68. The molecule has 0 fully saturated rings. The Morgan fingerprint density at radius 3 is 2.38 bits per heavy atom. The highest BCUT2D eigenvalue weighted by molar-refractivity contribution is 7.86. The predicted octanol–water partition coefficient (Wildman–Crippen LogP) is 3.84. The van der Waals surface area contributed by atoms with Gasteiger partial charge in [-0.3, -0.25) is 0 Å². The lowest BCUT2D eigenvalue weighted by molar-refractivity contribution is 0.150. The van der Waals surface area contributed by atoms with Crippen molar-refractivity contribution >= 4 is 10.1 Å². The van der Waals surface area contributed by atoms with Crippen LogP contribution in [0, 0.1) is 19.3 Å². The summed E-state index contributed by atoms with van der Waals surface area (Å²) in [5.41, 5.74) is 1.00. The fourth-order valence-electron chi connectivity index (χ4n) is 1.77. The SMILES string of the molecule is C#CC(C)(CCC=C(C)C)OS(=O)(=O)c1ccc(C)cc1. The van der Waals surface area contributed by atoms with Gasteiger partial charge >= 0.3 is 0 Å². The first kappa shape index (κ1) is 17.5. The molecule has 1 rings (SSSR count). The molecule has 1 atom stereocenters. The van der Waals surface area contributed by atoms with Gasteiger partial charge in [0.1, 0.15) is 5.60 Å². The van der Waals surface area contributed by atoms with Crippen LogP contribution in [0.4, 0.5) is 0 Å². The molecule has 3 nitrogen and oxygen atoms in total. The number of aryl methyl sites for hydroxylation is 1. The van der Waals surface area contributed by atoms with Gasteiger partial charge in [-0.05, 0) is 52.7 Å². The Morgan fingerprint density at radius 2 is 1.90 bits per heavy atom. The Kier molecular flexibility index (Phi) is 5.77. The van der Waals surface area contributed by atoms with Crippen LogP contribution >= 0.6 is 0 Å². The number of hydrogen-bond acceptors (Lipinski definition) is 3. The maximum atomic E-state index is 12.3. The van der Waals surface area contributed by atoms with E-state index in [1.54, 1.807) is 19.1 Å². The predicted molar refractivity (Wildman–Crippen MR) is 85.4 cm³/mol. The topological polar surface area (TPSA) is 43.4 Å². The van der Waals surface area contributed by atoms with Gasteiger partial charge in [0.15, 0.2) is 0 Å². The molecule has 21 heavy (non-hydrogen) atoms. The minimum Gasteiger partial charge on any atom is -0.247 e. The number of hydrogen-bond donors (Lipinski definition) is 0. The van der Waals surface area contributed by atoms with Crippen LogP contribution in [0.5, 0.6) is 0 Å². The monoisotopic (exact) mass is 306 g/mol. The van der Waals surface area contributed by atoms with E-state index in [1.165, 1.54) is 12.1 Å². The van der Waals surface area contributed by atoms with E-state index in [4.69, 9.17) is 10.6 Å². The number of benzene rings is 1. The zero-order chi connectivity index (χ0) is 16.1. The van der Waals surface area contributed by atoms with Crippen LogP contribution in [0.3, 0.4) is 0 Å². The molecule has 1 unspecified atom stereocenters. The van der Waals surface area contributed by atoms with E-state index in [0.29, 0.717) is 12.8 Å². The Labute approximate surface area is 128 Å². The molecule has 0 aromatic heterocycles. The minimum absolute atomic E-state index is 0.122. The van der Waals surface area contributed by atoms with Crippen molar-refractivity contribution in [2.45, 2.75) is 51.0 Å². The molecule has 0 bridgehead atoms. The molecule has 0 spiro atoms. The van der Waals surface area contributed by atoms with Crippen molar-refractivity contribution in [3.63, 3.8) is 0 Å². The number of rotatable bonds is 6. The summed E-state index contributed by atoms with van der Waals surface area (Å²) in [5, 5.41) is 0. The largest absolute Gasteiger partial charge is 0.298 e. The Balaban J connectivity index is 2.91. The number of allylic oxidation sites excluding steroid dienone is 2. The summed E-state index contributed by atoms with van der Waals surface area (Å²) in [4.78, 5) is 0.122.